The van der Waals surface area contributed by atoms with Gasteiger partial charge in [0.2, 0.25) is 10.0 Å². The maximum absolute atomic E-state index is 11.5. The van der Waals surface area contributed by atoms with E-state index in [0.29, 0.717) is 10.6 Å². The van der Waals surface area contributed by atoms with Crippen molar-refractivity contribution in [1.82, 2.24) is 4.57 Å². The van der Waals surface area contributed by atoms with Crippen molar-refractivity contribution in [3.05, 3.63) is 41.4 Å². The molecule has 0 saturated carbocycles. The number of hydrogen-bond acceptors (Lipinski definition) is 4. The number of hydrogen-bond donors (Lipinski definition) is 1. The Kier molecular flexibility index (Phi) is 4.58. The zero-order chi connectivity index (χ0) is 18.2. The number of fused-ring (bicyclic) bond motifs is 1. The van der Waals surface area contributed by atoms with Crippen molar-refractivity contribution in [2.45, 2.75) is 26.3 Å². The largest absolute Gasteiger partial charge is 0.344 e. The van der Waals surface area contributed by atoms with Crippen LogP contribution in [0.4, 0.5) is 5.69 Å². The molecule has 25 heavy (non-hydrogen) atoms. The van der Waals surface area contributed by atoms with Crippen molar-refractivity contribution in [3.63, 3.8) is 0 Å². The topological polar surface area (TPSA) is 74.9 Å². The van der Waals surface area contributed by atoms with Gasteiger partial charge in [0, 0.05) is 28.1 Å². The zero-order valence-electron chi connectivity index (χ0n) is 14.3. The lowest BCUT2D eigenvalue weighted by molar-refractivity contribution is 0.548. The van der Waals surface area contributed by atoms with Crippen LogP contribution < -0.4 is 4.72 Å². The Morgan fingerprint density at radius 1 is 1.32 bits per heavy atom. The molecule has 7 heteroatoms. The van der Waals surface area contributed by atoms with E-state index in [2.05, 4.69) is 35.4 Å². The molecule has 1 atom stereocenters. The monoisotopic (exact) mass is 373 g/mol. The highest BCUT2D eigenvalue weighted by molar-refractivity contribution is 7.92. The van der Waals surface area contributed by atoms with Crippen molar-refractivity contribution in [2.75, 3.05) is 11.0 Å². The summed E-state index contributed by atoms with van der Waals surface area (Å²) in [7, 11) is -3.32. The predicted octanol–water partition coefficient (Wildman–Crippen LogP) is 4.58. The van der Waals surface area contributed by atoms with Gasteiger partial charge in [-0.15, -0.1) is 11.3 Å². The number of nitrogens with zero attached hydrogens (tertiary/aromatic N) is 2. The summed E-state index contributed by atoms with van der Waals surface area (Å²) in [4.78, 5) is 1.71. The SMILES string of the molecule is CCC(C)n1cc(-c2ccc(C#N)s2)c2ccc(NS(C)(=O)=O)cc21. The number of anilines is 1. The number of thiophene rings is 1. The van der Waals surface area contributed by atoms with Crippen LogP contribution in [-0.4, -0.2) is 19.2 Å². The molecular weight excluding hydrogens is 354 g/mol. The third-order valence-electron chi connectivity index (χ3n) is 4.18. The molecule has 3 aromatic rings. The fraction of sp³-hybridized carbons (Fsp3) is 0.278. The number of aromatic nitrogens is 1. The Labute approximate surface area is 151 Å². The molecule has 0 aliphatic rings. The second-order valence-electron chi connectivity index (χ2n) is 6.09. The van der Waals surface area contributed by atoms with Gasteiger partial charge in [0.1, 0.15) is 10.9 Å². The molecule has 130 valence electrons. The van der Waals surface area contributed by atoms with Crippen LogP contribution in [-0.2, 0) is 10.0 Å². The van der Waals surface area contributed by atoms with Gasteiger partial charge in [-0.05, 0) is 37.6 Å². The molecule has 3 rings (SSSR count). The van der Waals surface area contributed by atoms with E-state index in [1.54, 1.807) is 6.07 Å². The summed E-state index contributed by atoms with van der Waals surface area (Å²) < 4.78 is 27.8. The van der Waals surface area contributed by atoms with Crippen molar-refractivity contribution < 1.29 is 8.42 Å². The summed E-state index contributed by atoms with van der Waals surface area (Å²) in [5.41, 5.74) is 2.59. The van der Waals surface area contributed by atoms with E-state index in [9.17, 15) is 8.42 Å². The lowest BCUT2D eigenvalue weighted by Crippen LogP contribution is -2.09. The summed E-state index contributed by atoms with van der Waals surface area (Å²) in [6.07, 6.45) is 4.20. The number of benzene rings is 1. The van der Waals surface area contributed by atoms with E-state index in [0.717, 1.165) is 34.0 Å². The molecule has 2 aromatic heterocycles. The molecule has 1 aromatic carbocycles. The lowest BCUT2D eigenvalue weighted by Gasteiger charge is -2.13. The zero-order valence-corrected chi connectivity index (χ0v) is 15.9. The number of sulfonamides is 1. The highest BCUT2D eigenvalue weighted by atomic mass is 32.2. The Morgan fingerprint density at radius 3 is 2.68 bits per heavy atom. The third kappa shape index (κ3) is 3.55. The lowest BCUT2D eigenvalue weighted by atomic mass is 10.1. The highest BCUT2D eigenvalue weighted by Gasteiger charge is 2.16. The first-order chi connectivity index (χ1) is 11.8. The van der Waals surface area contributed by atoms with Gasteiger partial charge in [-0.3, -0.25) is 4.72 Å². The van der Waals surface area contributed by atoms with Crippen LogP contribution in [0.1, 0.15) is 31.2 Å². The summed E-state index contributed by atoms with van der Waals surface area (Å²) in [5, 5.41) is 10.1. The standard InChI is InChI=1S/C18H19N3O2S2/c1-4-12(2)21-11-16(18-8-6-14(10-19)24-18)15-7-5-13(9-17(15)21)20-25(3,22)23/h5-9,11-12,20H,4H2,1-3H3. The molecule has 0 aliphatic carbocycles. The van der Waals surface area contributed by atoms with Gasteiger partial charge < -0.3 is 4.57 Å². The Morgan fingerprint density at radius 2 is 2.08 bits per heavy atom. The van der Waals surface area contributed by atoms with E-state index < -0.39 is 10.0 Å². The Balaban J connectivity index is 2.20. The minimum absolute atomic E-state index is 0.278. The first kappa shape index (κ1) is 17.5. The van der Waals surface area contributed by atoms with Crippen LogP contribution in [0.5, 0.6) is 0 Å². The average Bonchev–Trinajstić information content (AvgIpc) is 3.16. The minimum atomic E-state index is -3.32. The fourth-order valence-electron chi connectivity index (χ4n) is 2.83. The van der Waals surface area contributed by atoms with Crippen LogP contribution in [0.2, 0.25) is 0 Å². The molecule has 5 nitrogen and oxygen atoms in total. The molecule has 1 unspecified atom stereocenters. The Hall–Kier alpha value is -2.30. The Bertz CT molecular complexity index is 1070. The predicted molar refractivity (Wildman–Crippen MR) is 103 cm³/mol. The highest BCUT2D eigenvalue weighted by Crippen LogP contribution is 2.37. The van der Waals surface area contributed by atoms with Crippen molar-refractivity contribution in [2.24, 2.45) is 0 Å². The van der Waals surface area contributed by atoms with E-state index in [4.69, 9.17) is 5.26 Å². The molecular formula is C18H19N3O2S2. The van der Waals surface area contributed by atoms with E-state index >= 15 is 0 Å². The maximum Gasteiger partial charge on any atom is 0.229 e. The van der Waals surface area contributed by atoms with Gasteiger partial charge >= 0.3 is 0 Å². The van der Waals surface area contributed by atoms with Crippen molar-refractivity contribution in [1.29, 1.82) is 5.26 Å². The van der Waals surface area contributed by atoms with Crippen LogP contribution in [0, 0.1) is 11.3 Å². The minimum Gasteiger partial charge on any atom is -0.344 e. The normalized spacial score (nSPS) is 12.9. The van der Waals surface area contributed by atoms with Gasteiger partial charge in [-0.2, -0.15) is 5.26 Å². The molecule has 0 amide bonds. The number of nitrogens with one attached hydrogen (secondary N) is 1. The average molecular weight is 374 g/mol. The van der Waals surface area contributed by atoms with Crippen LogP contribution >= 0.6 is 11.3 Å². The molecule has 2 heterocycles. The molecule has 0 saturated heterocycles. The first-order valence-electron chi connectivity index (χ1n) is 7.95. The number of rotatable bonds is 5. The van der Waals surface area contributed by atoms with Gasteiger partial charge in [0.15, 0.2) is 0 Å². The second-order valence-corrected chi connectivity index (χ2v) is 8.92. The summed E-state index contributed by atoms with van der Waals surface area (Å²) in [5.74, 6) is 0. The molecule has 0 radical (unpaired) electrons. The quantitative estimate of drug-likeness (QED) is 0.711. The summed E-state index contributed by atoms with van der Waals surface area (Å²) in [6.45, 7) is 4.25. The molecule has 1 N–H and O–H groups in total. The molecule has 0 fully saturated rings. The van der Waals surface area contributed by atoms with Gasteiger partial charge in [0.25, 0.3) is 0 Å². The summed E-state index contributed by atoms with van der Waals surface area (Å²) in [6, 6.07) is 11.8. The van der Waals surface area contributed by atoms with Gasteiger partial charge in [-0.25, -0.2) is 8.42 Å². The first-order valence-corrected chi connectivity index (χ1v) is 10.7. The summed E-state index contributed by atoms with van der Waals surface area (Å²) >= 11 is 1.46. The number of nitriles is 1. The van der Waals surface area contributed by atoms with Crippen molar-refractivity contribution in [3.8, 4) is 16.5 Å². The van der Waals surface area contributed by atoms with Crippen LogP contribution in [0.3, 0.4) is 0 Å². The van der Waals surface area contributed by atoms with E-state index in [1.807, 2.05) is 24.3 Å². The van der Waals surface area contributed by atoms with E-state index in [-0.39, 0.29) is 6.04 Å². The smallest absolute Gasteiger partial charge is 0.229 e. The van der Waals surface area contributed by atoms with Gasteiger partial charge in [0.05, 0.1) is 17.5 Å². The van der Waals surface area contributed by atoms with E-state index in [1.165, 1.54) is 11.3 Å². The maximum atomic E-state index is 11.5. The fourth-order valence-corrected chi connectivity index (χ4v) is 4.21. The van der Waals surface area contributed by atoms with Crippen LogP contribution in [0.15, 0.2) is 36.5 Å². The molecule has 0 bridgehead atoms. The van der Waals surface area contributed by atoms with Gasteiger partial charge in [-0.1, -0.05) is 13.0 Å². The van der Waals surface area contributed by atoms with Crippen LogP contribution in [0.25, 0.3) is 21.3 Å². The van der Waals surface area contributed by atoms with Crippen molar-refractivity contribution >= 4 is 38.0 Å². The second kappa shape index (κ2) is 6.54. The molecule has 0 spiro atoms. The third-order valence-corrected chi connectivity index (χ3v) is 5.81. The molecule has 0 aliphatic heterocycles.